The zero-order valence-corrected chi connectivity index (χ0v) is 15.3. The Morgan fingerprint density at radius 2 is 2.00 bits per heavy atom. The third-order valence-electron chi connectivity index (χ3n) is 4.06. The quantitative estimate of drug-likeness (QED) is 0.739. The van der Waals surface area contributed by atoms with Crippen molar-refractivity contribution in [3.8, 4) is 5.95 Å². The van der Waals surface area contributed by atoms with Crippen LogP contribution in [-0.4, -0.2) is 46.7 Å². The summed E-state index contributed by atoms with van der Waals surface area (Å²) in [7, 11) is 0. The summed E-state index contributed by atoms with van der Waals surface area (Å²) in [4.78, 5) is 11.3. The van der Waals surface area contributed by atoms with Gasteiger partial charge in [-0.15, -0.1) is 10.2 Å². The van der Waals surface area contributed by atoms with Gasteiger partial charge in [-0.1, -0.05) is 23.9 Å². The summed E-state index contributed by atoms with van der Waals surface area (Å²) in [5.41, 5.74) is 2.88. The van der Waals surface area contributed by atoms with Gasteiger partial charge in [0.25, 0.3) is 5.95 Å². The van der Waals surface area contributed by atoms with Crippen molar-refractivity contribution in [3.05, 3.63) is 53.1 Å². The van der Waals surface area contributed by atoms with E-state index in [1.165, 1.54) is 23.9 Å². The summed E-state index contributed by atoms with van der Waals surface area (Å²) < 4.78 is 16.5. The molecule has 2 aromatic heterocycles. The summed E-state index contributed by atoms with van der Waals surface area (Å²) in [6.07, 6.45) is -0.136. The van der Waals surface area contributed by atoms with Crippen LogP contribution < -0.4 is 0 Å². The van der Waals surface area contributed by atoms with Gasteiger partial charge < -0.3 is 5.11 Å². The average molecular weight is 386 g/mol. The van der Waals surface area contributed by atoms with Crippen molar-refractivity contribution in [1.82, 2.24) is 24.7 Å². The molecule has 3 heterocycles. The molecule has 0 aliphatic carbocycles. The van der Waals surface area contributed by atoms with Crippen LogP contribution in [0.3, 0.4) is 0 Å². The van der Waals surface area contributed by atoms with Crippen LogP contribution in [0, 0.1) is 19.7 Å². The number of nitrogens with zero attached hydrogens (tertiary/aromatic N) is 6. The Labute approximate surface area is 157 Å². The van der Waals surface area contributed by atoms with Crippen molar-refractivity contribution in [2.24, 2.45) is 5.10 Å². The fourth-order valence-corrected chi connectivity index (χ4v) is 3.98. The van der Waals surface area contributed by atoms with Gasteiger partial charge in [0.05, 0.1) is 23.1 Å². The van der Waals surface area contributed by atoms with Crippen molar-refractivity contribution in [1.29, 1.82) is 0 Å². The minimum atomic E-state index is -0.950. The molecule has 1 aliphatic rings. The summed E-state index contributed by atoms with van der Waals surface area (Å²) in [5, 5.41) is 26.6. The highest BCUT2D eigenvalue weighted by molar-refractivity contribution is 8.00. The van der Waals surface area contributed by atoms with Crippen LogP contribution in [0.2, 0.25) is 0 Å². The average Bonchev–Trinajstić information content (AvgIpc) is 3.16. The monoisotopic (exact) mass is 386 g/mol. The minimum absolute atomic E-state index is 0.136. The molecule has 0 unspecified atom stereocenters. The molecule has 8 nitrogen and oxygen atoms in total. The van der Waals surface area contributed by atoms with Crippen LogP contribution >= 0.6 is 11.8 Å². The van der Waals surface area contributed by atoms with Crippen molar-refractivity contribution < 1.29 is 14.3 Å². The second-order valence-corrected chi connectivity index (χ2v) is 7.30. The molecule has 4 rings (SSSR count). The number of aromatic nitrogens is 5. The number of hydrogen-bond donors (Lipinski definition) is 1. The predicted octanol–water partition coefficient (Wildman–Crippen LogP) is 2.42. The molecular weight excluding hydrogens is 371 g/mol. The molecule has 1 aromatic carbocycles. The van der Waals surface area contributed by atoms with E-state index in [-0.39, 0.29) is 12.2 Å². The van der Waals surface area contributed by atoms with E-state index in [0.717, 1.165) is 11.4 Å². The lowest BCUT2D eigenvalue weighted by molar-refractivity contribution is -0.136. The van der Waals surface area contributed by atoms with Gasteiger partial charge >= 0.3 is 5.97 Å². The number of carboxylic acids is 1. The number of rotatable bonds is 4. The van der Waals surface area contributed by atoms with Gasteiger partial charge in [0.1, 0.15) is 5.82 Å². The Kier molecular flexibility index (Phi) is 4.27. The number of carboxylic acid groups (broad SMARTS) is 1. The van der Waals surface area contributed by atoms with E-state index in [1.54, 1.807) is 21.5 Å². The van der Waals surface area contributed by atoms with Gasteiger partial charge in [-0.05, 0) is 37.6 Å². The number of halogens is 1. The van der Waals surface area contributed by atoms with E-state index in [9.17, 15) is 14.3 Å². The van der Waals surface area contributed by atoms with Gasteiger partial charge in [-0.25, -0.2) is 9.07 Å². The molecule has 1 aliphatic heterocycles. The largest absolute Gasteiger partial charge is 0.481 e. The summed E-state index contributed by atoms with van der Waals surface area (Å²) in [6.45, 7) is 3.78. The zero-order valence-electron chi connectivity index (χ0n) is 14.5. The van der Waals surface area contributed by atoms with Crippen LogP contribution in [0.25, 0.3) is 5.95 Å². The highest BCUT2D eigenvalue weighted by Crippen LogP contribution is 2.33. The molecule has 0 spiro atoms. The molecule has 10 heteroatoms. The molecule has 0 radical (unpaired) electrons. The number of thioether (sulfide) groups is 1. The van der Waals surface area contributed by atoms with Gasteiger partial charge in [-0.3, -0.25) is 4.79 Å². The molecule has 3 aromatic rings. The van der Waals surface area contributed by atoms with Crippen LogP contribution in [0.5, 0.6) is 0 Å². The lowest BCUT2D eigenvalue weighted by atomic mass is 10.1. The molecule has 0 amide bonds. The van der Waals surface area contributed by atoms with E-state index in [0.29, 0.717) is 22.4 Å². The lowest BCUT2D eigenvalue weighted by Crippen LogP contribution is -2.27. The molecule has 0 bridgehead atoms. The number of aliphatic carboxylic acids is 1. The normalized spacial score (nSPS) is 16.1. The maximum Gasteiger partial charge on any atom is 0.304 e. The molecular formula is C17H15FN6O2S. The molecule has 1 N–H and O–H groups in total. The maximum absolute atomic E-state index is 13.3. The van der Waals surface area contributed by atoms with Gasteiger partial charge in [0.15, 0.2) is 0 Å². The van der Waals surface area contributed by atoms with E-state index in [2.05, 4.69) is 20.4 Å². The first-order valence-electron chi connectivity index (χ1n) is 8.14. The first-order valence-corrected chi connectivity index (χ1v) is 9.02. The van der Waals surface area contributed by atoms with Crippen LogP contribution in [0.15, 0.2) is 40.6 Å². The van der Waals surface area contributed by atoms with E-state index in [4.69, 9.17) is 0 Å². The molecule has 0 saturated heterocycles. The van der Waals surface area contributed by atoms with Crippen molar-refractivity contribution >= 4 is 23.4 Å². The van der Waals surface area contributed by atoms with Crippen LogP contribution in [0.1, 0.15) is 23.4 Å². The van der Waals surface area contributed by atoms with E-state index < -0.39 is 11.2 Å². The van der Waals surface area contributed by atoms with Crippen molar-refractivity contribution in [2.75, 3.05) is 0 Å². The van der Waals surface area contributed by atoms with Crippen molar-refractivity contribution in [2.45, 2.75) is 30.7 Å². The Bertz CT molecular complexity index is 1060. The number of carbonyl (C=O) groups is 1. The Balaban J connectivity index is 1.84. The first-order chi connectivity index (χ1) is 12.9. The number of hydrogen-bond acceptors (Lipinski definition) is 6. The van der Waals surface area contributed by atoms with Crippen LogP contribution in [0.4, 0.5) is 4.39 Å². The highest BCUT2D eigenvalue weighted by atomic mass is 32.2. The second kappa shape index (κ2) is 6.62. The molecule has 1 atom stereocenters. The van der Waals surface area contributed by atoms with E-state index in [1.807, 2.05) is 19.9 Å². The summed E-state index contributed by atoms with van der Waals surface area (Å²) in [5.74, 6) is -0.906. The lowest BCUT2D eigenvalue weighted by Gasteiger charge is -2.22. The fraction of sp³-hybridized carbons (Fsp3) is 0.235. The number of aryl methyl sites for hydroxylation is 2. The van der Waals surface area contributed by atoms with E-state index >= 15 is 0 Å². The van der Waals surface area contributed by atoms with Gasteiger partial charge in [0.2, 0.25) is 5.16 Å². The number of fused-ring (bicyclic) bond motifs is 1. The van der Waals surface area contributed by atoms with Crippen LogP contribution in [-0.2, 0) is 4.79 Å². The smallest absolute Gasteiger partial charge is 0.304 e. The van der Waals surface area contributed by atoms with Crippen molar-refractivity contribution in [3.63, 3.8) is 0 Å². The summed E-state index contributed by atoms with van der Waals surface area (Å²) in [6, 6.07) is 7.73. The summed E-state index contributed by atoms with van der Waals surface area (Å²) >= 11 is 1.26. The third kappa shape index (κ3) is 3.23. The fourth-order valence-electron chi connectivity index (χ4n) is 2.90. The first kappa shape index (κ1) is 17.4. The SMILES string of the molecule is Cc1cc(C)n(-c2nnc3n2N=C(c2ccc(F)cc2)[C@@H](CC(=O)O)S3)n1. The molecule has 0 fully saturated rings. The molecule has 27 heavy (non-hydrogen) atoms. The van der Waals surface area contributed by atoms with Gasteiger partial charge in [0, 0.05) is 5.69 Å². The maximum atomic E-state index is 13.3. The third-order valence-corrected chi connectivity index (χ3v) is 5.19. The highest BCUT2D eigenvalue weighted by Gasteiger charge is 2.31. The number of benzene rings is 1. The Hall–Kier alpha value is -3.01. The predicted molar refractivity (Wildman–Crippen MR) is 96.9 cm³/mol. The zero-order chi connectivity index (χ0) is 19.1. The Morgan fingerprint density at radius 3 is 2.63 bits per heavy atom. The molecule has 0 saturated carbocycles. The standard InChI is InChI=1S/C17H15FN6O2S/c1-9-7-10(2)23(21-9)16-19-20-17-24(16)22-15(13(27-17)8-14(25)26)11-3-5-12(18)6-4-11/h3-7,13H,8H2,1-2H3,(H,25,26)/t13-/m1/s1. The topological polar surface area (TPSA) is 98.2 Å². The van der Waals surface area contributed by atoms with Gasteiger partial charge in [-0.2, -0.15) is 14.9 Å². The Morgan fingerprint density at radius 1 is 1.26 bits per heavy atom. The molecule has 138 valence electrons. The second-order valence-electron chi connectivity index (χ2n) is 6.13. The minimum Gasteiger partial charge on any atom is -0.481 e.